The lowest BCUT2D eigenvalue weighted by atomic mass is 9.72. The van der Waals surface area contributed by atoms with Crippen molar-refractivity contribution in [3.05, 3.63) is 196 Å². The van der Waals surface area contributed by atoms with Crippen LogP contribution < -0.4 is 10.6 Å². The van der Waals surface area contributed by atoms with Gasteiger partial charge in [0.2, 0.25) is 11.8 Å². The quantitative estimate of drug-likeness (QED) is 0.0374. The Bertz CT molecular complexity index is 3660. The molecule has 3 aliphatic heterocycles. The minimum atomic E-state index is -5.15. The van der Waals surface area contributed by atoms with Gasteiger partial charge in [0.1, 0.15) is 30.9 Å². The molecule has 3 heterocycles. The van der Waals surface area contributed by atoms with Crippen molar-refractivity contribution in [2.24, 2.45) is 0 Å². The fourth-order valence-corrected chi connectivity index (χ4v) is 13.9. The number of halogens is 7. The number of alkyl halides is 6. The van der Waals surface area contributed by atoms with E-state index in [0.717, 1.165) is 91.0 Å². The molecular weight excluding hydrogens is 1270 g/mol. The molecule has 2 atom stereocenters. The molecule has 0 radical (unpaired) electrons. The predicted octanol–water partition coefficient (Wildman–Crippen LogP) is 12.7. The number of piperidine rings is 2. The number of likely N-dealkylation sites (tertiary alicyclic amines) is 2. The van der Waals surface area contributed by atoms with E-state index in [1.165, 1.54) is 24.3 Å². The van der Waals surface area contributed by atoms with Gasteiger partial charge >= 0.3 is 18.4 Å². The third kappa shape index (κ3) is 18.5. The number of para-hydroxylation sites is 1. The van der Waals surface area contributed by atoms with Gasteiger partial charge in [0.15, 0.2) is 0 Å². The maximum Gasteiger partial charge on any atom is 0.416 e. The van der Waals surface area contributed by atoms with Crippen LogP contribution in [0.5, 0.6) is 0 Å². The topological polar surface area (TPSA) is 157 Å². The third-order valence-corrected chi connectivity index (χ3v) is 19.7. The molecule has 6 aromatic carbocycles. The van der Waals surface area contributed by atoms with Crippen LogP contribution >= 0.6 is 0 Å². The van der Waals surface area contributed by atoms with E-state index >= 15 is 0 Å². The number of rotatable bonds is 27. The number of hydrogen-bond donors (Lipinski definition) is 2. The van der Waals surface area contributed by atoms with Gasteiger partial charge < -0.3 is 48.9 Å². The van der Waals surface area contributed by atoms with Crippen molar-refractivity contribution in [2.45, 2.75) is 113 Å². The molecule has 4 aliphatic rings. The average molecular weight is 1360 g/mol. The van der Waals surface area contributed by atoms with Crippen LogP contribution in [0.3, 0.4) is 0 Å². The summed E-state index contributed by atoms with van der Waals surface area (Å²) in [5, 5.41) is 6.40. The van der Waals surface area contributed by atoms with E-state index in [0.29, 0.717) is 107 Å². The van der Waals surface area contributed by atoms with Crippen LogP contribution in [0, 0.1) is 5.82 Å². The summed E-state index contributed by atoms with van der Waals surface area (Å²) in [5.41, 5.74) is 1.30. The SMILES string of the molecule is CN(CCN1CCC(OC(=O)Nc2ccccc2-c2ccccc2)CC1)C(=O)CCCCCNCc1cccc(C(=O)N(C)CCCN(C)C(=O)CO[C@H]2Cc3ccccc3C23CCN(CC[C@]2(c4ccc(F)cc4)CN(C(=O)c4cc(C(F)(F)F)cc(C(F)(F)F)c4)CO2)CC3)c1. The van der Waals surface area contributed by atoms with Crippen LogP contribution in [0.1, 0.15) is 118 Å². The second kappa shape index (κ2) is 32.6. The van der Waals surface area contributed by atoms with Gasteiger partial charge in [-0.2, -0.15) is 26.3 Å². The number of benzene rings is 6. The van der Waals surface area contributed by atoms with Crippen LogP contribution in [0.4, 0.5) is 41.2 Å². The van der Waals surface area contributed by atoms with Crippen LogP contribution in [-0.4, -0.2) is 178 Å². The highest BCUT2D eigenvalue weighted by Gasteiger charge is 2.50. The fourth-order valence-electron chi connectivity index (χ4n) is 13.9. The van der Waals surface area contributed by atoms with Crippen molar-refractivity contribution in [1.29, 1.82) is 0 Å². The maximum absolute atomic E-state index is 14.3. The van der Waals surface area contributed by atoms with Crippen LogP contribution in [0.25, 0.3) is 11.1 Å². The number of ether oxygens (including phenoxy) is 3. The Hall–Kier alpha value is -8.22. The summed E-state index contributed by atoms with van der Waals surface area (Å²) in [6.45, 7) is 5.96. The van der Waals surface area contributed by atoms with E-state index in [2.05, 4.69) is 32.6 Å². The molecule has 1 aliphatic carbocycles. The number of nitrogens with one attached hydrogen (secondary N) is 2. The summed E-state index contributed by atoms with van der Waals surface area (Å²) in [4.78, 5) is 77.6. The van der Waals surface area contributed by atoms with Gasteiger partial charge in [0.05, 0.1) is 29.5 Å². The lowest BCUT2D eigenvalue weighted by Crippen LogP contribution is -2.50. The fraction of sp³-hybridized carbons (Fsp3) is 0.453. The Labute approximate surface area is 568 Å². The highest BCUT2D eigenvalue weighted by molar-refractivity contribution is 5.95. The molecule has 2 N–H and O–H groups in total. The molecule has 5 amide bonds. The number of amides is 5. The first-order chi connectivity index (χ1) is 47.0. The van der Waals surface area contributed by atoms with Crippen molar-refractivity contribution in [3.63, 3.8) is 0 Å². The molecule has 0 bridgehead atoms. The zero-order chi connectivity index (χ0) is 69.6. The normalized spacial score (nSPS) is 18.1. The number of hydrogen-bond acceptors (Lipinski definition) is 11. The molecule has 6 aromatic rings. The smallest absolute Gasteiger partial charge is 0.416 e. The molecule has 0 unspecified atom stereocenters. The molecule has 0 saturated carbocycles. The number of carbonyl (C=O) groups is 5. The van der Waals surface area contributed by atoms with Gasteiger partial charge in [-0.3, -0.25) is 24.5 Å². The average Bonchev–Trinajstić information content (AvgIpc) is 1.57. The predicted molar refractivity (Wildman–Crippen MR) is 358 cm³/mol. The van der Waals surface area contributed by atoms with Gasteiger partial charge in [0.25, 0.3) is 11.8 Å². The largest absolute Gasteiger partial charge is 0.446 e. The van der Waals surface area contributed by atoms with E-state index < -0.39 is 64.6 Å². The standard InChI is InChI=1S/C75H87F7N8O8/c1-85(35-15-36-87(3)69(93)56-20-14-16-53(44-56)49-83-34-13-5-8-24-67(91)86(2)42-43-88-37-29-62(30-38-88)98-71(95)84-65-23-12-10-21-63(65)54-17-6-4-7-18-54)68(92)50-96-66-47-55-19-9-11-22-64(55)72(66)31-39-89(40-32-72)41-33-73(58-25-27-61(76)28-26-58)51-90(52-97-73)70(94)57-45-59(74(77,78)79)48-60(46-57)75(80,81)82/h4,6-7,9-12,14,16-23,25-28,44-46,48,62,66,83H,5,8,13,15,24,29-43,47,49-52H2,1-3H3,(H,84,95)/t66-,73+/m0/s1. The summed E-state index contributed by atoms with van der Waals surface area (Å²) in [6.07, 6.45) is -3.96. The van der Waals surface area contributed by atoms with Crippen molar-refractivity contribution in [2.75, 3.05) is 112 Å². The molecule has 1 spiro atoms. The molecular formula is C75H87F7N8O8. The summed E-state index contributed by atoms with van der Waals surface area (Å²) in [6, 6.07) is 39.5. The molecule has 0 aromatic heterocycles. The summed E-state index contributed by atoms with van der Waals surface area (Å²) in [7, 11) is 5.32. The number of carbonyl (C=O) groups excluding carboxylic acids is 5. The number of unbranched alkanes of at least 4 members (excludes halogenated alkanes) is 2. The highest BCUT2D eigenvalue weighted by atomic mass is 19.4. The summed E-state index contributed by atoms with van der Waals surface area (Å²) in [5.74, 6) is -1.80. The van der Waals surface area contributed by atoms with Gasteiger partial charge in [-0.25, -0.2) is 9.18 Å². The minimum Gasteiger partial charge on any atom is -0.446 e. The monoisotopic (exact) mass is 1360 g/mol. The minimum absolute atomic E-state index is 0.0279. The summed E-state index contributed by atoms with van der Waals surface area (Å²) >= 11 is 0. The zero-order valence-electron chi connectivity index (χ0n) is 55.8. The third-order valence-electron chi connectivity index (χ3n) is 19.7. The van der Waals surface area contributed by atoms with Gasteiger partial charge in [-0.05, 0) is 154 Å². The second-order valence-electron chi connectivity index (χ2n) is 26.4. The van der Waals surface area contributed by atoms with Crippen LogP contribution in [-0.2, 0) is 60.1 Å². The molecule has 10 rings (SSSR count). The number of anilines is 1. The highest BCUT2D eigenvalue weighted by Crippen LogP contribution is 2.48. The molecule has 23 heteroatoms. The maximum atomic E-state index is 14.3. The van der Waals surface area contributed by atoms with Crippen molar-refractivity contribution < 1.29 is 68.9 Å². The van der Waals surface area contributed by atoms with E-state index in [1.54, 1.807) is 34.9 Å². The second-order valence-corrected chi connectivity index (χ2v) is 26.4. The van der Waals surface area contributed by atoms with E-state index in [1.807, 2.05) is 92.0 Å². The van der Waals surface area contributed by atoms with E-state index in [-0.39, 0.29) is 55.6 Å². The van der Waals surface area contributed by atoms with E-state index in [4.69, 9.17) is 14.2 Å². The van der Waals surface area contributed by atoms with Gasteiger partial charge in [0, 0.05) is 102 Å². The van der Waals surface area contributed by atoms with Crippen LogP contribution in [0.15, 0.2) is 146 Å². The lowest BCUT2D eigenvalue weighted by molar-refractivity contribution is -0.143. The van der Waals surface area contributed by atoms with Gasteiger partial charge in [-0.1, -0.05) is 103 Å². The number of nitrogens with zero attached hydrogens (tertiary/aromatic N) is 6. The Balaban J connectivity index is 0.605. The first kappa shape index (κ1) is 72.5. The summed E-state index contributed by atoms with van der Waals surface area (Å²) < 4.78 is 116. The number of likely N-dealkylation sites (N-methyl/N-ethyl adjacent to an activating group) is 2. The molecule has 3 fully saturated rings. The van der Waals surface area contributed by atoms with Crippen LogP contribution in [0.2, 0.25) is 0 Å². The molecule has 3 saturated heterocycles. The Morgan fingerprint density at radius 3 is 2.04 bits per heavy atom. The Morgan fingerprint density at radius 1 is 0.653 bits per heavy atom. The first-order valence-electron chi connectivity index (χ1n) is 33.8. The molecule has 16 nitrogen and oxygen atoms in total. The zero-order valence-corrected chi connectivity index (χ0v) is 55.8. The van der Waals surface area contributed by atoms with E-state index in [9.17, 15) is 54.7 Å². The first-order valence-corrected chi connectivity index (χ1v) is 33.8. The molecule has 524 valence electrons. The number of fused-ring (bicyclic) bond motifs is 2. The Morgan fingerprint density at radius 2 is 1.32 bits per heavy atom. The van der Waals surface area contributed by atoms with Crippen molar-refractivity contribution in [1.82, 2.24) is 34.7 Å². The van der Waals surface area contributed by atoms with Crippen molar-refractivity contribution >= 4 is 35.4 Å². The lowest BCUT2D eigenvalue weighted by Gasteiger charge is -2.44. The molecule has 98 heavy (non-hydrogen) atoms. The Kier molecular flexibility index (Phi) is 24.2. The van der Waals surface area contributed by atoms with Gasteiger partial charge in [-0.15, -0.1) is 0 Å². The van der Waals surface area contributed by atoms with Crippen molar-refractivity contribution in [3.8, 4) is 11.1 Å².